The van der Waals surface area contributed by atoms with Gasteiger partial charge in [0.15, 0.2) is 17.3 Å². The summed E-state index contributed by atoms with van der Waals surface area (Å²) in [5.41, 5.74) is 3.82. The van der Waals surface area contributed by atoms with Crippen LogP contribution >= 0.6 is 0 Å². The Morgan fingerprint density at radius 3 is 0.757 bits per heavy atom. The Balaban J connectivity index is 2.07. The molecule has 194 valence electrons. The van der Waals surface area contributed by atoms with Gasteiger partial charge in [-0.1, -0.05) is 135 Å². The molecule has 0 saturated heterocycles. The van der Waals surface area contributed by atoms with E-state index in [1.165, 1.54) is 0 Å². The van der Waals surface area contributed by atoms with E-state index in [0.717, 1.165) is 16.7 Å². The number of carbonyl (C=O) groups excluding carboxylic acids is 3. The van der Waals surface area contributed by atoms with Gasteiger partial charge in [-0.15, -0.1) is 0 Å². The molecular weight excluding hydrogens is 456 g/mol. The van der Waals surface area contributed by atoms with Crippen molar-refractivity contribution < 1.29 is 14.4 Å². The minimum absolute atomic E-state index is 0.102. The van der Waals surface area contributed by atoms with Crippen LogP contribution in [0.2, 0.25) is 0 Å². The Hall–Kier alpha value is -3.33. The van der Waals surface area contributed by atoms with Gasteiger partial charge >= 0.3 is 0 Å². The zero-order valence-corrected chi connectivity index (χ0v) is 23.7. The average Bonchev–Trinajstić information content (AvgIpc) is 2.82. The Bertz CT molecular complexity index is 1110. The van der Waals surface area contributed by atoms with Crippen LogP contribution in [0.5, 0.6) is 0 Å². The quantitative estimate of drug-likeness (QED) is 0.254. The first-order valence-electron chi connectivity index (χ1n) is 12.9. The van der Waals surface area contributed by atoms with E-state index in [1.807, 2.05) is 135 Å². The van der Waals surface area contributed by atoms with Crippen LogP contribution in [0.15, 0.2) is 72.8 Å². The summed E-state index contributed by atoms with van der Waals surface area (Å²) in [6, 6.07) is 23.4. The summed E-state index contributed by atoms with van der Waals surface area (Å²) in [4.78, 5) is 38.4. The van der Waals surface area contributed by atoms with Crippen molar-refractivity contribution in [2.24, 2.45) is 16.2 Å². The fraction of sp³-hybridized carbons (Fsp3) is 0.382. The maximum atomic E-state index is 12.8. The van der Waals surface area contributed by atoms with Crippen LogP contribution < -0.4 is 0 Å². The van der Waals surface area contributed by atoms with Crippen molar-refractivity contribution in [1.82, 2.24) is 0 Å². The van der Waals surface area contributed by atoms with Gasteiger partial charge in [-0.05, 0) is 16.7 Å². The minimum Gasteiger partial charge on any atom is -0.294 e. The SMILES string of the molecule is CC(C)(C)C(=O)c1ccc(C(c2ccc(C(=O)C(C)(C)C)cc2)c2ccc(C(=O)C(C)(C)C)cc2)cc1. The Kier molecular flexibility index (Phi) is 7.79. The average molecular weight is 497 g/mol. The largest absolute Gasteiger partial charge is 0.294 e. The lowest BCUT2D eigenvalue weighted by molar-refractivity contribution is 0.0852. The van der Waals surface area contributed by atoms with Gasteiger partial charge in [0.25, 0.3) is 0 Å². The highest BCUT2D eigenvalue weighted by molar-refractivity contribution is 6.01. The summed E-state index contributed by atoms with van der Waals surface area (Å²) in [7, 11) is 0. The summed E-state index contributed by atoms with van der Waals surface area (Å²) < 4.78 is 0. The molecule has 0 atom stereocenters. The van der Waals surface area contributed by atoms with E-state index >= 15 is 0 Å². The summed E-state index contributed by atoms with van der Waals surface area (Å²) in [6.45, 7) is 17.3. The number of carbonyl (C=O) groups is 3. The normalized spacial score (nSPS) is 12.5. The van der Waals surface area contributed by atoms with Gasteiger partial charge < -0.3 is 0 Å². The first-order chi connectivity index (χ1) is 17.0. The molecule has 0 unspecified atom stereocenters. The highest BCUT2D eigenvalue weighted by Crippen LogP contribution is 2.34. The number of rotatable bonds is 6. The fourth-order valence-corrected chi connectivity index (χ4v) is 4.36. The fourth-order valence-electron chi connectivity index (χ4n) is 4.36. The van der Waals surface area contributed by atoms with E-state index in [-0.39, 0.29) is 23.3 Å². The maximum Gasteiger partial charge on any atom is 0.168 e. The highest BCUT2D eigenvalue weighted by atomic mass is 16.1. The monoisotopic (exact) mass is 496 g/mol. The molecule has 0 fully saturated rings. The number of Topliss-reactive ketones (excluding diaryl/α,β-unsaturated/α-hetero) is 3. The van der Waals surface area contributed by atoms with Crippen LogP contribution in [0, 0.1) is 16.2 Å². The van der Waals surface area contributed by atoms with E-state index < -0.39 is 16.2 Å². The second kappa shape index (κ2) is 10.2. The van der Waals surface area contributed by atoms with Gasteiger partial charge in [0.1, 0.15) is 0 Å². The van der Waals surface area contributed by atoms with Gasteiger partial charge in [-0.25, -0.2) is 0 Å². The summed E-state index contributed by atoms with van der Waals surface area (Å²) in [5, 5.41) is 0. The molecule has 0 radical (unpaired) electrons. The molecule has 0 saturated carbocycles. The van der Waals surface area contributed by atoms with Crippen LogP contribution in [-0.4, -0.2) is 17.3 Å². The zero-order valence-electron chi connectivity index (χ0n) is 23.7. The molecule has 37 heavy (non-hydrogen) atoms. The van der Waals surface area contributed by atoms with E-state index in [9.17, 15) is 14.4 Å². The van der Waals surface area contributed by atoms with Crippen molar-refractivity contribution in [2.75, 3.05) is 0 Å². The molecule has 3 rings (SSSR count). The number of hydrogen-bond acceptors (Lipinski definition) is 3. The molecule has 3 heteroatoms. The summed E-state index contributed by atoms with van der Waals surface area (Å²) in [6.07, 6.45) is 0. The molecular formula is C34H40O3. The van der Waals surface area contributed by atoms with Crippen molar-refractivity contribution in [3.8, 4) is 0 Å². The Morgan fingerprint density at radius 2 is 0.595 bits per heavy atom. The van der Waals surface area contributed by atoms with Crippen molar-refractivity contribution in [2.45, 2.75) is 68.2 Å². The van der Waals surface area contributed by atoms with Gasteiger partial charge in [0.05, 0.1) is 0 Å². The molecule has 0 aromatic heterocycles. The van der Waals surface area contributed by atoms with Crippen molar-refractivity contribution in [1.29, 1.82) is 0 Å². The first-order valence-corrected chi connectivity index (χ1v) is 12.9. The predicted octanol–water partition coefficient (Wildman–Crippen LogP) is 8.55. The first kappa shape index (κ1) is 28.2. The van der Waals surface area contributed by atoms with Crippen molar-refractivity contribution in [3.05, 3.63) is 106 Å². The Labute approximate surface area is 222 Å². The molecule has 3 nitrogen and oxygen atoms in total. The molecule has 0 heterocycles. The molecule has 3 aromatic carbocycles. The lowest BCUT2D eigenvalue weighted by Gasteiger charge is -2.22. The molecule has 0 amide bonds. The van der Waals surface area contributed by atoms with Gasteiger partial charge in [-0.3, -0.25) is 14.4 Å². The van der Waals surface area contributed by atoms with E-state index in [2.05, 4.69) is 0 Å². The van der Waals surface area contributed by atoms with E-state index in [1.54, 1.807) is 0 Å². The summed E-state index contributed by atoms with van der Waals surface area (Å²) in [5.74, 6) is 0.193. The van der Waals surface area contributed by atoms with Crippen LogP contribution in [0.4, 0.5) is 0 Å². The lowest BCUT2D eigenvalue weighted by Crippen LogP contribution is -2.20. The molecule has 0 N–H and O–H groups in total. The van der Waals surface area contributed by atoms with Crippen molar-refractivity contribution >= 4 is 17.3 Å². The summed E-state index contributed by atoms with van der Waals surface area (Å²) >= 11 is 0. The van der Waals surface area contributed by atoms with E-state index in [4.69, 9.17) is 0 Å². The molecule has 0 aliphatic rings. The van der Waals surface area contributed by atoms with Crippen molar-refractivity contribution in [3.63, 3.8) is 0 Å². The van der Waals surface area contributed by atoms with E-state index in [0.29, 0.717) is 16.7 Å². The molecule has 3 aromatic rings. The molecule has 0 aliphatic heterocycles. The Morgan fingerprint density at radius 1 is 0.405 bits per heavy atom. The smallest absolute Gasteiger partial charge is 0.168 e. The zero-order chi connectivity index (χ0) is 27.8. The lowest BCUT2D eigenvalue weighted by atomic mass is 9.81. The number of ketones is 3. The van der Waals surface area contributed by atoms with Gasteiger partial charge in [0.2, 0.25) is 0 Å². The number of hydrogen-bond donors (Lipinski definition) is 0. The third kappa shape index (κ3) is 6.52. The molecule has 0 bridgehead atoms. The van der Waals surface area contributed by atoms with Crippen LogP contribution in [0.25, 0.3) is 0 Å². The van der Waals surface area contributed by atoms with Crippen LogP contribution in [-0.2, 0) is 0 Å². The highest BCUT2D eigenvalue weighted by Gasteiger charge is 2.26. The van der Waals surface area contributed by atoms with Gasteiger partial charge in [-0.2, -0.15) is 0 Å². The van der Waals surface area contributed by atoms with Crippen LogP contribution in [0.3, 0.4) is 0 Å². The standard InChI is InChI=1S/C34H40O3/c1-32(2,3)29(35)25-16-10-22(11-17-25)28(23-12-18-26(19-13-23)30(36)33(4,5)6)24-14-20-27(21-15-24)31(37)34(7,8)9/h10-21,28H,1-9H3. The maximum absolute atomic E-state index is 12.8. The second-order valence-electron chi connectivity index (χ2n) is 13.0. The third-order valence-corrected chi connectivity index (χ3v) is 6.56. The number of benzene rings is 3. The van der Waals surface area contributed by atoms with Crippen LogP contribution in [0.1, 0.15) is 116 Å². The predicted molar refractivity (Wildman–Crippen MR) is 152 cm³/mol. The third-order valence-electron chi connectivity index (χ3n) is 6.56. The topological polar surface area (TPSA) is 51.2 Å². The molecule has 0 aliphatic carbocycles. The minimum atomic E-state index is -0.453. The molecule has 0 spiro atoms. The second-order valence-corrected chi connectivity index (χ2v) is 13.0. The van der Waals surface area contributed by atoms with Gasteiger partial charge in [0, 0.05) is 38.9 Å².